The van der Waals surface area contributed by atoms with Crippen LogP contribution in [0.2, 0.25) is 0 Å². The number of nitrogens with zero attached hydrogens (tertiary/aromatic N) is 1. The number of nitrogens with two attached hydrogens (primary N) is 1. The third-order valence-corrected chi connectivity index (χ3v) is 3.65. The van der Waals surface area contributed by atoms with Gasteiger partial charge in [0.15, 0.2) is 5.96 Å². The summed E-state index contributed by atoms with van der Waals surface area (Å²) in [4.78, 5) is 4.30. The van der Waals surface area contributed by atoms with Crippen LogP contribution in [0.4, 0.5) is 0 Å². The van der Waals surface area contributed by atoms with Gasteiger partial charge in [-0.1, -0.05) is 28.1 Å². The molecule has 0 bridgehead atoms. The van der Waals surface area contributed by atoms with Crippen LogP contribution >= 0.6 is 15.9 Å². The van der Waals surface area contributed by atoms with Gasteiger partial charge in [0.05, 0.1) is 12.6 Å². The van der Waals surface area contributed by atoms with Crippen molar-refractivity contribution in [2.75, 3.05) is 19.7 Å². The highest BCUT2D eigenvalue weighted by molar-refractivity contribution is 9.10. The monoisotopic (exact) mass is 325 g/mol. The van der Waals surface area contributed by atoms with Crippen LogP contribution in [0.15, 0.2) is 33.7 Å². The van der Waals surface area contributed by atoms with Crippen molar-refractivity contribution in [3.63, 3.8) is 0 Å². The summed E-state index contributed by atoms with van der Waals surface area (Å²) in [7, 11) is 0. The van der Waals surface area contributed by atoms with E-state index in [4.69, 9.17) is 10.5 Å². The van der Waals surface area contributed by atoms with E-state index in [0.717, 1.165) is 36.9 Å². The van der Waals surface area contributed by atoms with Crippen LogP contribution in [0.25, 0.3) is 0 Å². The molecule has 0 radical (unpaired) electrons. The van der Waals surface area contributed by atoms with Crippen molar-refractivity contribution in [1.29, 1.82) is 0 Å². The van der Waals surface area contributed by atoms with E-state index in [9.17, 15) is 0 Å². The molecule has 1 aliphatic rings. The molecule has 1 aliphatic heterocycles. The van der Waals surface area contributed by atoms with E-state index in [1.807, 2.05) is 12.1 Å². The lowest BCUT2D eigenvalue weighted by molar-refractivity contribution is 0.118. The lowest BCUT2D eigenvalue weighted by Crippen LogP contribution is -2.34. The summed E-state index contributed by atoms with van der Waals surface area (Å²) in [6.07, 6.45) is 3.42. The SMILES string of the molecule is NC(=NCC1CCCO1)NCCc1ccc(Br)cc1. The Morgan fingerprint density at radius 3 is 2.89 bits per heavy atom. The van der Waals surface area contributed by atoms with Crippen molar-refractivity contribution in [3.05, 3.63) is 34.3 Å². The van der Waals surface area contributed by atoms with Gasteiger partial charge in [0.25, 0.3) is 0 Å². The fraction of sp³-hybridized carbons (Fsp3) is 0.500. The first-order chi connectivity index (χ1) is 9.24. The lowest BCUT2D eigenvalue weighted by Gasteiger charge is -2.08. The fourth-order valence-corrected chi connectivity index (χ4v) is 2.29. The third kappa shape index (κ3) is 5.20. The second kappa shape index (κ2) is 7.50. The Morgan fingerprint density at radius 2 is 2.21 bits per heavy atom. The smallest absolute Gasteiger partial charge is 0.188 e. The molecule has 0 spiro atoms. The van der Waals surface area contributed by atoms with Gasteiger partial charge >= 0.3 is 0 Å². The van der Waals surface area contributed by atoms with E-state index in [-0.39, 0.29) is 6.10 Å². The molecule has 1 unspecified atom stereocenters. The molecule has 0 amide bonds. The Balaban J connectivity index is 1.66. The Labute approximate surface area is 122 Å². The number of halogens is 1. The maximum Gasteiger partial charge on any atom is 0.188 e. The quantitative estimate of drug-likeness (QED) is 0.643. The first-order valence-corrected chi connectivity index (χ1v) is 7.43. The molecule has 1 atom stereocenters. The zero-order valence-corrected chi connectivity index (χ0v) is 12.5. The molecule has 0 aliphatic carbocycles. The number of nitrogens with one attached hydrogen (secondary N) is 1. The van der Waals surface area contributed by atoms with E-state index in [0.29, 0.717) is 12.5 Å². The van der Waals surface area contributed by atoms with E-state index in [1.165, 1.54) is 5.56 Å². The number of hydrogen-bond donors (Lipinski definition) is 2. The van der Waals surface area contributed by atoms with Crippen LogP contribution in [0.5, 0.6) is 0 Å². The largest absolute Gasteiger partial charge is 0.376 e. The van der Waals surface area contributed by atoms with E-state index in [1.54, 1.807) is 0 Å². The molecular weight excluding hydrogens is 306 g/mol. The normalized spacial score (nSPS) is 19.6. The second-order valence-electron chi connectivity index (χ2n) is 4.66. The molecule has 1 saturated heterocycles. The van der Waals surface area contributed by atoms with Gasteiger partial charge in [-0.15, -0.1) is 0 Å². The molecule has 2 rings (SSSR count). The topological polar surface area (TPSA) is 59.6 Å². The maximum atomic E-state index is 5.82. The molecule has 5 heteroatoms. The van der Waals surface area contributed by atoms with E-state index >= 15 is 0 Å². The van der Waals surface area contributed by atoms with Crippen LogP contribution in [0, 0.1) is 0 Å². The molecule has 1 aromatic carbocycles. The number of rotatable bonds is 5. The number of hydrogen-bond acceptors (Lipinski definition) is 2. The van der Waals surface area contributed by atoms with Crippen molar-refractivity contribution in [2.24, 2.45) is 10.7 Å². The molecule has 19 heavy (non-hydrogen) atoms. The van der Waals surface area contributed by atoms with Crippen molar-refractivity contribution < 1.29 is 4.74 Å². The Morgan fingerprint density at radius 1 is 1.42 bits per heavy atom. The summed E-state index contributed by atoms with van der Waals surface area (Å²) in [6.45, 7) is 2.32. The molecule has 1 fully saturated rings. The third-order valence-electron chi connectivity index (χ3n) is 3.12. The second-order valence-corrected chi connectivity index (χ2v) is 5.58. The summed E-state index contributed by atoms with van der Waals surface area (Å²) in [6, 6.07) is 8.30. The van der Waals surface area contributed by atoms with Gasteiger partial charge in [0.2, 0.25) is 0 Å². The summed E-state index contributed by atoms with van der Waals surface area (Å²) >= 11 is 3.42. The fourth-order valence-electron chi connectivity index (χ4n) is 2.03. The molecule has 1 heterocycles. The van der Waals surface area contributed by atoms with Crippen molar-refractivity contribution in [1.82, 2.24) is 5.32 Å². The highest BCUT2D eigenvalue weighted by Crippen LogP contribution is 2.12. The highest BCUT2D eigenvalue weighted by atomic mass is 79.9. The zero-order valence-electron chi connectivity index (χ0n) is 10.9. The summed E-state index contributed by atoms with van der Waals surface area (Å²) < 4.78 is 6.59. The van der Waals surface area contributed by atoms with Gasteiger partial charge in [0, 0.05) is 17.6 Å². The molecule has 104 valence electrons. The van der Waals surface area contributed by atoms with Crippen LogP contribution in [-0.4, -0.2) is 31.8 Å². The van der Waals surface area contributed by atoms with Gasteiger partial charge < -0.3 is 15.8 Å². The molecule has 1 aromatic rings. The van der Waals surface area contributed by atoms with Gasteiger partial charge in [-0.3, -0.25) is 4.99 Å². The van der Waals surface area contributed by atoms with Crippen LogP contribution in [-0.2, 0) is 11.2 Å². The van der Waals surface area contributed by atoms with Crippen molar-refractivity contribution in [2.45, 2.75) is 25.4 Å². The number of ether oxygens (including phenoxy) is 1. The highest BCUT2D eigenvalue weighted by Gasteiger charge is 2.14. The van der Waals surface area contributed by atoms with Crippen molar-refractivity contribution >= 4 is 21.9 Å². The number of benzene rings is 1. The van der Waals surface area contributed by atoms with Gasteiger partial charge in [-0.2, -0.15) is 0 Å². The summed E-state index contributed by atoms with van der Waals surface area (Å²) in [5, 5.41) is 3.13. The predicted octanol–water partition coefficient (Wildman–Crippen LogP) is 2.07. The first-order valence-electron chi connectivity index (χ1n) is 6.64. The van der Waals surface area contributed by atoms with Gasteiger partial charge in [-0.25, -0.2) is 0 Å². The molecule has 0 aromatic heterocycles. The summed E-state index contributed by atoms with van der Waals surface area (Å²) in [5.41, 5.74) is 7.10. The van der Waals surface area contributed by atoms with Gasteiger partial charge in [0.1, 0.15) is 0 Å². The van der Waals surface area contributed by atoms with E-state index in [2.05, 4.69) is 38.4 Å². The average Bonchev–Trinajstić information content (AvgIpc) is 2.92. The summed E-state index contributed by atoms with van der Waals surface area (Å²) in [5.74, 6) is 0.507. The molecule has 4 nitrogen and oxygen atoms in total. The minimum Gasteiger partial charge on any atom is -0.376 e. The Kier molecular flexibility index (Phi) is 5.66. The van der Waals surface area contributed by atoms with Crippen LogP contribution in [0.3, 0.4) is 0 Å². The first kappa shape index (κ1) is 14.3. The molecule has 0 saturated carbocycles. The standard InChI is InChI=1S/C14H20BrN3O/c15-12-5-3-11(4-6-12)7-8-17-14(16)18-10-13-2-1-9-19-13/h3-6,13H,1-2,7-10H2,(H3,16,17,18). The Bertz CT molecular complexity index is 413. The Hall–Kier alpha value is -1.07. The number of guanidine groups is 1. The zero-order chi connectivity index (χ0) is 13.5. The minimum absolute atomic E-state index is 0.256. The number of aliphatic imine (C=N–C) groups is 1. The average molecular weight is 326 g/mol. The minimum atomic E-state index is 0.256. The maximum absolute atomic E-state index is 5.82. The van der Waals surface area contributed by atoms with Crippen LogP contribution in [0.1, 0.15) is 18.4 Å². The predicted molar refractivity (Wildman–Crippen MR) is 81.3 cm³/mol. The van der Waals surface area contributed by atoms with Crippen molar-refractivity contribution in [3.8, 4) is 0 Å². The lowest BCUT2D eigenvalue weighted by atomic mass is 10.1. The van der Waals surface area contributed by atoms with Crippen LogP contribution < -0.4 is 11.1 Å². The molecule has 3 N–H and O–H groups in total. The van der Waals surface area contributed by atoms with E-state index < -0.39 is 0 Å². The van der Waals surface area contributed by atoms with Gasteiger partial charge in [-0.05, 0) is 37.0 Å². The molecular formula is C14H20BrN3O.